The smallest absolute Gasteiger partial charge is 0.276 e. The molecule has 0 unspecified atom stereocenters. The lowest BCUT2D eigenvalue weighted by Crippen LogP contribution is -2.60. The van der Waals surface area contributed by atoms with E-state index in [1.165, 1.54) is 11.1 Å². The number of hydrogen-bond donors (Lipinski definition) is 1. The molecule has 0 saturated carbocycles. The molecule has 1 fully saturated rings. The molecule has 0 radical (unpaired) electrons. The van der Waals surface area contributed by atoms with Gasteiger partial charge in [0.05, 0.1) is 37.2 Å². The molecule has 4 heterocycles. The molecule has 1 aliphatic rings. The molecule has 0 aliphatic carbocycles. The predicted octanol–water partition coefficient (Wildman–Crippen LogP) is 0.446. The molecule has 2 atom stereocenters. The van der Waals surface area contributed by atoms with Crippen LogP contribution in [-0.4, -0.2) is 59.6 Å². The monoisotopic (exact) mass is 340 g/mol. The van der Waals surface area contributed by atoms with Crippen molar-refractivity contribution in [1.29, 1.82) is 0 Å². The van der Waals surface area contributed by atoms with Gasteiger partial charge in [0.2, 0.25) is 5.89 Å². The number of nitrogens with zero attached hydrogens (tertiary/aromatic N) is 6. The van der Waals surface area contributed by atoms with Crippen molar-refractivity contribution in [2.24, 2.45) is 0 Å². The Hall–Kier alpha value is -3.07. The van der Waals surface area contributed by atoms with Crippen molar-refractivity contribution in [3.8, 4) is 5.69 Å². The van der Waals surface area contributed by atoms with Gasteiger partial charge in [0.1, 0.15) is 12.0 Å². The second-order valence-corrected chi connectivity index (χ2v) is 5.89. The van der Waals surface area contributed by atoms with E-state index >= 15 is 0 Å². The number of aliphatic hydroxyl groups excluding tert-OH is 1. The van der Waals surface area contributed by atoms with Gasteiger partial charge in [0, 0.05) is 12.2 Å². The third-order valence-electron chi connectivity index (χ3n) is 4.26. The zero-order chi connectivity index (χ0) is 17.4. The Bertz CT molecular complexity index is 874. The highest BCUT2D eigenvalue weighted by atomic mass is 16.3. The van der Waals surface area contributed by atoms with E-state index < -0.39 is 6.10 Å². The number of hydrogen-bond acceptors (Lipinski definition) is 7. The second-order valence-electron chi connectivity index (χ2n) is 5.89. The van der Waals surface area contributed by atoms with Gasteiger partial charge in [-0.3, -0.25) is 9.78 Å². The topological polar surface area (TPSA) is 110 Å². The van der Waals surface area contributed by atoms with Crippen molar-refractivity contribution in [3.63, 3.8) is 0 Å². The summed E-state index contributed by atoms with van der Waals surface area (Å²) in [5.41, 5.74) is 1.75. The van der Waals surface area contributed by atoms with Crippen LogP contribution >= 0.6 is 0 Å². The molecule has 25 heavy (non-hydrogen) atoms. The van der Waals surface area contributed by atoms with E-state index in [0.29, 0.717) is 18.9 Å². The minimum atomic E-state index is -0.470. The highest BCUT2D eigenvalue weighted by Gasteiger charge is 2.38. The Morgan fingerprint density at radius 3 is 2.80 bits per heavy atom. The van der Waals surface area contributed by atoms with Crippen molar-refractivity contribution in [1.82, 2.24) is 29.9 Å². The maximum absolute atomic E-state index is 12.3. The van der Waals surface area contributed by atoms with E-state index in [2.05, 4.69) is 20.2 Å². The number of β-amino-alcohol motifs (C(OH)–C–C–N with tert-alkyl or cyclic N) is 1. The predicted molar refractivity (Wildman–Crippen MR) is 85.0 cm³/mol. The second kappa shape index (κ2) is 6.10. The minimum absolute atomic E-state index is 0.197. The maximum Gasteiger partial charge on any atom is 0.276 e. The summed E-state index contributed by atoms with van der Waals surface area (Å²) in [4.78, 5) is 23.9. The Morgan fingerprint density at radius 1 is 1.36 bits per heavy atom. The average Bonchev–Trinajstić information content (AvgIpc) is 3.31. The summed E-state index contributed by atoms with van der Waals surface area (Å²) >= 11 is 0. The molecule has 9 nitrogen and oxygen atoms in total. The van der Waals surface area contributed by atoms with Crippen molar-refractivity contribution >= 4 is 5.91 Å². The number of carbonyl (C=O) groups excluding carboxylic acids is 1. The Labute approximate surface area is 142 Å². The number of aliphatic hydroxyl groups is 1. The molecule has 3 aromatic heterocycles. The van der Waals surface area contributed by atoms with Crippen LogP contribution in [0.2, 0.25) is 0 Å². The fourth-order valence-corrected chi connectivity index (χ4v) is 2.64. The lowest BCUT2D eigenvalue weighted by Gasteiger charge is -2.42. The molecule has 1 aliphatic heterocycles. The summed E-state index contributed by atoms with van der Waals surface area (Å²) in [7, 11) is 0. The number of rotatable bonds is 4. The summed E-state index contributed by atoms with van der Waals surface area (Å²) in [5, 5.41) is 17.6. The average molecular weight is 340 g/mol. The maximum atomic E-state index is 12.3. The number of oxazole rings is 1. The first-order valence-corrected chi connectivity index (χ1v) is 7.87. The lowest BCUT2D eigenvalue weighted by atomic mass is 10.0. The molecule has 4 rings (SSSR count). The Balaban J connectivity index is 1.43. The summed E-state index contributed by atoms with van der Waals surface area (Å²) in [6.07, 6.45) is 6.10. The highest BCUT2D eigenvalue weighted by molar-refractivity contribution is 5.92. The van der Waals surface area contributed by atoms with Crippen molar-refractivity contribution < 1.29 is 14.3 Å². The quantitative estimate of drug-likeness (QED) is 0.734. The lowest BCUT2D eigenvalue weighted by molar-refractivity contribution is -0.0360. The molecule has 0 aromatic carbocycles. The number of likely N-dealkylation sites (tertiary alicyclic amines) is 1. The van der Waals surface area contributed by atoms with E-state index in [1.807, 2.05) is 12.1 Å². The zero-order valence-corrected chi connectivity index (χ0v) is 13.5. The van der Waals surface area contributed by atoms with Gasteiger partial charge in [-0.15, -0.1) is 0 Å². The third-order valence-corrected chi connectivity index (χ3v) is 4.26. The number of pyridine rings is 1. The van der Waals surface area contributed by atoms with Gasteiger partial charge in [0.25, 0.3) is 5.91 Å². The minimum Gasteiger partial charge on any atom is -0.448 e. The van der Waals surface area contributed by atoms with Crippen molar-refractivity contribution in [2.45, 2.75) is 25.5 Å². The highest BCUT2D eigenvalue weighted by Crippen LogP contribution is 2.20. The summed E-state index contributed by atoms with van der Waals surface area (Å²) in [6.45, 7) is 2.12. The van der Waals surface area contributed by atoms with E-state index in [-0.39, 0.29) is 17.6 Å². The van der Waals surface area contributed by atoms with Crippen LogP contribution in [0.3, 0.4) is 0 Å². The summed E-state index contributed by atoms with van der Waals surface area (Å²) < 4.78 is 5.38. The van der Waals surface area contributed by atoms with Gasteiger partial charge in [-0.2, -0.15) is 15.0 Å². The van der Waals surface area contributed by atoms with Gasteiger partial charge >= 0.3 is 0 Å². The molecule has 1 saturated heterocycles. The molecule has 128 valence electrons. The fraction of sp³-hybridized carbons (Fsp3) is 0.312. The molecule has 0 bridgehead atoms. The van der Waals surface area contributed by atoms with E-state index in [0.717, 1.165) is 11.4 Å². The normalized spacial score (nSPS) is 19.7. The zero-order valence-electron chi connectivity index (χ0n) is 13.5. The SMILES string of the molecule is C[C@H]1[C@H](O)CN1C(=O)c1coc(Cc2ccc(-n3nccn3)cn2)n1. The Kier molecular flexibility index (Phi) is 3.77. The van der Waals surface area contributed by atoms with Crippen LogP contribution in [-0.2, 0) is 6.42 Å². The van der Waals surface area contributed by atoms with Crippen LogP contribution in [0.15, 0.2) is 41.4 Å². The summed E-state index contributed by atoms with van der Waals surface area (Å²) in [6, 6.07) is 3.48. The molecule has 3 aromatic rings. The Morgan fingerprint density at radius 2 is 2.16 bits per heavy atom. The molecular formula is C16H16N6O3. The third kappa shape index (κ3) is 2.89. The van der Waals surface area contributed by atoms with E-state index in [4.69, 9.17) is 4.42 Å². The van der Waals surface area contributed by atoms with Crippen LogP contribution in [0.1, 0.15) is 29.0 Å². The number of amides is 1. The molecule has 1 N–H and O–H groups in total. The van der Waals surface area contributed by atoms with E-state index in [9.17, 15) is 9.90 Å². The first-order chi connectivity index (χ1) is 12.1. The first-order valence-electron chi connectivity index (χ1n) is 7.87. The van der Waals surface area contributed by atoms with Gasteiger partial charge in [-0.25, -0.2) is 4.98 Å². The van der Waals surface area contributed by atoms with Gasteiger partial charge in [0.15, 0.2) is 5.69 Å². The van der Waals surface area contributed by atoms with Gasteiger partial charge in [-0.05, 0) is 19.1 Å². The van der Waals surface area contributed by atoms with Crippen LogP contribution in [0.5, 0.6) is 0 Å². The molecule has 0 spiro atoms. The number of aromatic nitrogens is 5. The number of carbonyl (C=O) groups is 1. The van der Waals surface area contributed by atoms with Gasteiger partial charge < -0.3 is 14.4 Å². The first kappa shape index (κ1) is 15.5. The van der Waals surface area contributed by atoms with Crippen LogP contribution in [0, 0.1) is 0 Å². The fourth-order valence-electron chi connectivity index (χ4n) is 2.64. The molecule has 9 heteroatoms. The molecular weight excluding hydrogens is 324 g/mol. The van der Waals surface area contributed by atoms with Crippen LogP contribution in [0.25, 0.3) is 5.69 Å². The molecule has 1 amide bonds. The van der Waals surface area contributed by atoms with E-state index in [1.54, 1.807) is 30.4 Å². The van der Waals surface area contributed by atoms with Crippen molar-refractivity contribution in [3.05, 3.63) is 54.3 Å². The van der Waals surface area contributed by atoms with Gasteiger partial charge in [-0.1, -0.05) is 0 Å². The summed E-state index contributed by atoms with van der Waals surface area (Å²) in [5.74, 6) is 0.176. The standard InChI is InChI=1S/C16H16N6O3/c1-10-14(23)8-21(10)16(24)13-9-25-15(20-13)6-11-2-3-12(7-17-11)22-18-4-5-19-22/h2-5,7,9-10,14,23H,6,8H2,1H3/t10-,14+/m0/s1. The largest absolute Gasteiger partial charge is 0.448 e. The van der Waals surface area contributed by atoms with Crippen molar-refractivity contribution in [2.75, 3.05) is 6.54 Å². The van der Waals surface area contributed by atoms with Crippen LogP contribution < -0.4 is 0 Å². The van der Waals surface area contributed by atoms with Crippen LogP contribution in [0.4, 0.5) is 0 Å².